The molecule has 0 N–H and O–H groups in total. The van der Waals surface area contributed by atoms with Gasteiger partial charge in [0.05, 0.1) is 0 Å². The highest BCUT2D eigenvalue weighted by Gasteiger charge is 2.24. The van der Waals surface area contributed by atoms with Gasteiger partial charge in [-0.1, -0.05) is 46.3 Å². The molecule has 0 aromatic heterocycles. The van der Waals surface area contributed by atoms with Gasteiger partial charge < -0.3 is 0 Å². The molecule has 1 aliphatic rings. The molecule has 0 bridgehead atoms. The first kappa shape index (κ1) is 11.8. The Kier molecular flexibility index (Phi) is 4.22. The smallest absolute Gasteiger partial charge is 0.0319 e. The van der Waals surface area contributed by atoms with Crippen molar-refractivity contribution in [1.29, 1.82) is 0 Å². The summed E-state index contributed by atoms with van der Waals surface area (Å²) in [5.74, 6) is 1.91. The van der Waals surface area contributed by atoms with Crippen molar-refractivity contribution in [2.75, 3.05) is 0 Å². The van der Waals surface area contributed by atoms with Crippen molar-refractivity contribution < 1.29 is 0 Å². The average Bonchev–Trinajstić information content (AvgIpc) is 2.14. The second-order valence-corrected chi connectivity index (χ2v) is 5.98. The summed E-state index contributed by atoms with van der Waals surface area (Å²) in [4.78, 5) is 0. The third-order valence-electron chi connectivity index (χ3n) is 3.38. The standard InChI is InChI=1S/C14H26/c1-5-12(11-14(2,3)4)13-9-7-6-8-10-13/h6-7,12-13H,5,8-11H2,1-4H3. The van der Waals surface area contributed by atoms with Crippen LogP contribution in [0.1, 0.15) is 59.8 Å². The summed E-state index contributed by atoms with van der Waals surface area (Å²) in [6, 6.07) is 0. The molecule has 0 spiro atoms. The summed E-state index contributed by atoms with van der Waals surface area (Å²) in [5.41, 5.74) is 0.502. The van der Waals surface area contributed by atoms with Crippen LogP contribution < -0.4 is 0 Å². The Labute approximate surface area is 89.8 Å². The fourth-order valence-corrected chi connectivity index (χ4v) is 2.68. The van der Waals surface area contributed by atoms with Gasteiger partial charge in [0, 0.05) is 0 Å². The van der Waals surface area contributed by atoms with Crippen LogP contribution in [0.15, 0.2) is 12.2 Å². The Morgan fingerprint density at radius 1 is 1.29 bits per heavy atom. The van der Waals surface area contributed by atoms with E-state index in [2.05, 4.69) is 39.8 Å². The lowest BCUT2D eigenvalue weighted by Crippen LogP contribution is -2.21. The molecular formula is C14H26. The molecule has 0 heterocycles. The molecule has 0 aromatic carbocycles. The second kappa shape index (κ2) is 5.00. The van der Waals surface area contributed by atoms with Crippen LogP contribution in [0.2, 0.25) is 0 Å². The molecule has 1 rings (SSSR count). The molecular weight excluding hydrogens is 168 g/mol. The minimum Gasteiger partial charge on any atom is -0.0885 e. The van der Waals surface area contributed by atoms with Crippen LogP contribution in [-0.2, 0) is 0 Å². The third-order valence-corrected chi connectivity index (χ3v) is 3.38. The van der Waals surface area contributed by atoms with Crippen molar-refractivity contribution in [2.24, 2.45) is 17.3 Å². The van der Waals surface area contributed by atoms with E-state index >= 15 is 0 Å². The van der Waals surface area contributed by atoms with Gasteiger partial charge in [0.15, 0.2) is 0 Å². The van der Waals surface area contributed by atoms with E-state index in [1.54, 1.807) is 0 Å². The number of hydrogen-bond donors (Lipinski definition) is 0. The van der Waals surface area contributed by atoms with Gasteiger partial charge >= 0.3 is 0 Å². The Morgan fingerprint density at radius 2 is 2.00 bits per heavy atom. The van der Waals surface area contributed by atoms with Gasteiger partial charge in [-0.25, -0.2) is 0 Å². The molecule has 0 nitrogen and oxygen atoms in total. The highest BCUT2D eigenvalue weighted by molar-refractivity contribution is 4.92. The van der Waals surface area contributed by atoms with E-state index in [0.717, 1.165) is 11.8 Å². The molecule has 0 amide bonds. The molecule has 0 radical (unpaired) electrons. The van der Waals surface area contributed by atoms with Crippen molar-refractivity contribution in [1.82, 2.24) is 0 Å². The number of rotatable bonds is 3. The molecule has 2 unspecified atom stereocenters. The largest absolute Gasteiger partial charge is 0.0885 e. The van der Waals surface area contributed by atoms with Gasteiger partial charge in [-0.15, -0.1) is 0 Å². The van der Waals surface area contributed by atoms with Gasteiger partial charge in [0.2, 0.25) is 0 Å². The molecule has 0 fully saturated rings. The summed E-state index contributed by atoms with van der Waals surface area (Å²) >= 11 is 0. The fourth-order valence-electron chi connectivity index (χ4n) is 2.68. The van der Waals surface area contributed by atoms with E-state index in [9.17, 15) is 0 Å². The van der Waals surface area contributed by atoms with Gasteiger partial charge in [0.25, 0.3) is 0 Å². The Bertz CT molecular complexity index is 183. The van der Waals surface area contributed by atoms with Gasteiger partial charge in [-0.05, 0) is 42.9 Å². The first-order valence-electron chi connectivity index (χ1n) is 6.18. The highest BCUT2D eigenvalue weighted by Crippen LogP contribution is 2.36. The Morgan fingerprint density at radius 3 is 2.43 bits per heavy atom. The molecule has 0 heteroatoms. The molecule has 82 valence electrons. The summed E-state index contributed by atoms with van der Waals surface area (Å²) in [6.07, 6.45) is 11.5. The lowest BCUT2D eigenvalue weighted by molar-refractivity contribution is 0.205. The van der Waals surface area contributed by atoms with Crippen LogP contribution in [0.3, 0.4) is 0 Å². The van der Waals surface area contributed by atoms with Crippen LogP contribution in [0.25, 0.3) is 0 Å². The maximum Gasteiger partial charge on any atom is -0.0319 e. The quantitative estimate of drug-likeness (QED) is 0.566. The van der Waals surface area contributed by atoms with E-state index < -0.39 is 0 Å². The molecule has 14 heavy (non-hydrogen) atoms. The second-order valence-electron chi connectivity index (χ2n) is 5.98. The lowest BCUT2D eigenvalue weighted by Gasteiger charge is -2.32. The molecule has 1 aliphatic carbocycles. The van der Waals surface area contributed by atoms with Crippen molar-refractivity contribution in [2.45, 2.75) is 59.8 Å². The Balaban J connectivity index is 2.48. The van der Waals surface area contributed by atoms with Crippen LogP contribution in [0.5, 0.6) is 0 Å². The average molecular weight is 194 g/mol. The predicted molar refractivity (Wildman–Crippen MR) is 64.3 cm³/mol. The maximum atomic E-state index is 2.39. The van der Waals surface area contributed by atoms with Gasteiger partial charge in [0.1, 0.15) is 0 Å². The molecule has 0 aliphatic heterocycles. The predicted octanol–water partition coefficient (Wildman–Crippen LogP) is 4.81. The molecule has 2 atom stereocenters. The van der Waals surface area contributed by atoms with Crippen LogP contribution >= 0.6 is 0 Å². The normalized spacial score (nSPS) is 25.0. The lowest BCUT2D eigenvalue weighted by atomic mass is 9.73. The molecule has 0 aromatic rings. The van der Waals surface area contributed by atoms with E-state index in [1.807, 2.05) is 0 Å². The van der Waals surface area contributed by atoms with Gasteiger partial charge in [-0.3, -0.25) is 0 Å². The van der Waals surface area contributed by atoms with Crippen LogP contribution in [-0.4, -0.2) is 0 Å². The topological polar surface area (TPSA) is 0 Å². The van der Waals surface area contributed by atoms with E-state index in [0.29, 0.717) is 5.41 Å². The monoisotopic (exact) mass is 194 g/mol. The highest BCUT2D eigenvalue weighted by atomic mass is 14.3. The Hall–Kier alpha value is -0.260. The van der Waals surface area contributed by atoms with Crippen molar-refractivity contribution in [3.05, 3.63) is 12.2 Å². The zero-order valence-electron chi connectivity index (χ0n) is 10.3. The SMILES string of the molecule is CCC(CC(C)(C)C)C1CC=CCC1. The molecule has 0 saturated heterocycles. The fraction of sp³-hybridized carbons (Fsp3) is 0.857. The number of allylic oxidation sites excluding steroid dienone is 2. The van der Waals surface area contributed by atoms with E-state index in [-0.39, 0.29) is 0 Å². The van der Waals surface area contributed by atoms with Gasteiger partial charge in [-0.2, -0.15) is 0 Å². The van der Waals surface area contributed by atoms with Crippen LogP contribution in [0, 0.1) is 17.3 Å². The maximum absolute atomic E-state index is 2.39. The third kappa shape index (κ3) is 3.86. The summed E-state index contributed by atoms with van der Waals surface area (Å²) in [6.45, 7) is 9.46. The minimum atomic E-state index is 0.502. The summed E-state index contributed by atoms with van der Waals surface area (Å²) in [5, 5.41) is 0. The number of hydrogen-bond acceptors (Lipinski definition) is 0. The van der Waals surface area contributed by atoms with E-state index in [1.165, 1.54) is 32.1 Å². The van der Waals surface area contributed by atoms with Crippen LogP contribution in [0.4, 0.5) is 0 Å². The first-order valence-corrected chi connectivity index (χ1v) is 6.18. The van der Waals surface area contributed by atoms with Crippen molar-refractivity contribution in [3.8, 4) is 0 Å². The zero-order valence-corrected chi connectivity index (χ0v) is 10.3. The summed E-state index contributed by atoms with van der Waals surface area (Å²) in [7, 11) is 0. The first-order chi connectivity index (χ1) is 6.53. The van der Waals surface area contributed by atoms with Crippen molar-refractivity contribution in [3.63, 3.8) is 0 Å². The zero-order chi connectivity index (χ0) is 10.6. The minimum absolute atomic E-state index is 0.502. The van der Waals surface area contributed by atoms with E-state index in [4.69, 9.17) is 0 Å². The molecule has 0 saturated carbocycles. The summed E-state index contributed by atoms with van der Waals surface area (Å²) < 4.78 is 0. The van der Waals surface area contributed by atoms with Crippen molar-refractivity contribution >= 4 is 0 Å².